The van der Waals surface area contributed by atoms with Crippen LogP contribution in [0.1, 0.15) is 40.4 Å². The normalized spacial score (nSPS) is 10.5. The Hall–Kier alpha value is -2.38. The van der Waals surface area contributed by atoms with Crippen LogP contribution in [0.2, 0.25) is 0 Å². The van der Waals surface area contributed by atoms with Gasteiger partial charge in [0, 0.05) is 17.5 Å². The first kappa shape index (κ1) is 18.0. The Morgan fingerprint density at radius 1 is 1.08 bits per heavy atom. The molecule has 24 heavy (non-hydrogen) atoms. The van der Waals surface area contributed by atoms with Crippen molar-refractivity contribution in [3.63, 3.8) is 0 Å². The van der Waals surface area contributed by atoms with Crippen molar-refractivity contribution < 1.29 is 9.59 Å². The van der Waals surface area contributed by atoms with E-state index >= 15 is 0 Å². The van der Waals surface area contributed by atoms with Crippen LogP contribution >= 0.6 is 11.9 Å². The van der Waals surface area contributed by atoms with Crippen molar-refractivity contribution in [3.05, 3.63) is 59.4 Å². The molecule has 2 rings (SSSR count). The summed E-state index contributed by atoms with van der Waals surface area (Å²) in [6.45, 7) is 4.10. The summed E-state index contributed by atoms with van der Waals surface area (Å²) in [4.78, 5) is 29.2. The van der Waals surface area contributed by atoms with Crippen molar-refractivity contribution in [1.82, 2.24) is 15.6 Å². The van der Waals surface area contributed by atoms with Gasteiger partial charge in [0.1, 0.15) is 11.4 Å². The van der Waals surface area contributed by atoms with Crippen molar-refractivity contribution in [1.29, 1.82) is 0 Å². The number of carbonyl (C=O) groups excluding carboxylic acids is 2. The highest BCUT2D eigenvalue weighted by Gasteiger charge is 2.12. The van der Waals surface area contributed by atoms with Crippen molar-refractivity contribution in [2.75, 3.05) is 0 Å². The summed E-state index contributed by atoms with van der Waals surface area (Å²) in [7, 11) is 0. The second-order valence-electron chi connectivity index (χ2n) is 5.48. The number of nitrogens with zero attached hydrogens (tertiary/aromatic N) is 1. The number of pyridine rings is 1. The lowest BCUT2D eigenvalue weighted by atomic mass is 10.2. The van der Waals surface area contributed by atoms with Crippen LogP contribution in [0.25, 0.3) is 0 Å². The minimum atomic E-state index is -0.327. The van der Waals surface area contributed by atoms with Gasteiger partial charge in [-0.1, -0.05) is 18.2 Å². The lowest BCUT2D eigenvalue weighted by Gasteiger charge is -2.09. The van der Waals surface area contributed by atoms with Crippen LogP contribution < -0.4 is 15.8 Å². The van der Waals surface area contributed by atoms with Crippen LogP contribution in [0, 0.1) is 0 Å². The van der Waals surface area contributed by atoms with Gasteiger partial charge in [0.05, 0.1) is 0 Å². The molecule has 0 unspecified atom stereocenters. The maximum Gasteiger partial charge on any atom is 0.270 e. The molecule has 0 atom stereocenters. The van der Waals surface area contributed by atoms with Crippen LogP contribution in [0.15, 0.2) is 47.4 Å². The zero-order valence-corrected chi connectivity index (χ0v) is 14.4. The van der Waals surface area contributed by atoms with E-state index in [4.69, 9.17) is 5.14 Å². The predicted octanol–water partition coefficient (Wildman–Crippen LogP) is 2.12. The van der Waals surface area contributed by atoms with E-state index in [0.717, 1.165) is 10.5 Å². The average Bonchev–Trinajstić information content (AvgIpc) is 2.59. The molecule has 1 heterocycles. The first-order valence-corrected chi connectivity index (χ1v) is 8.39. The Kier molecular flexibility index (Phi) is 6.34. The Bertz CT molecular complexity index is 717. The van der Waals surface area contributed by atoms with Gasteiger partial charge in [-0.3, -0.25) is 14.7 Å². The largest absolute Gasteiger partial charge is 0.349 e. The van der Waals surface area contributed by atoms with E-state index in [9.17, 15) is 9.59 Å². The lowest BCUT2D eigenvalue weighted by molar-refractivity contribution is 0.0936. The number of aromatic nitrogens is 1. The first-order chi connectivity index (χ1) is 11.5. The van der Waals surface area contributed by atoms with E-state index in [1.54, 1.807) is 18.2 Å². The van der Waals surface area contributed by atoms with E-state index in [1.165, 1.54) is 11.9 Å². The molecule has 0 saturated carbocycles. The molecule has 0 bridgehead atoms. The summed E-state index contributed by atoms with van der Waals surface area (Å²) in [5, 5.41) is 11.0. The zero-order chi connectivity index (χ0) is 17.5. The lowest BCUT2D eigenvalue weighted by Crippen LogP contribution is -2.31. The zero-order valence-electron chi connectivity index (χ0n) is 13.6. The van der Waals surface area contributed by atoms with Gasteiger partial charge < -0.3 is 10.6 Å². The van der Waals surface area contributed by atoms with Gasteiger partial charge >= 0.3 is 0 Å². The third-order valence-corrected chi connectivity index (χ3v) is 3.69. The first-order valence-electron chi connectivity index (χ1n) is 7.51. The van der Waals surface area contributed by atoms with Gasteiger partial charge in [-0.15, -0.1) is 0 Å². The Balaban J connectivity index is 2.00. The molecule has 7 heteroatoms. The fourth-order valence-electron chi connectivity index (χ4n) is 1.98. The number of nitrogens with one attached hydrogen (secondary N) is 2. The monoisotopic (exact) mass is 344 g/mol. The van der Waals surface area contributed by atoms with Crippen LogP contribution in [-0.2, 0) is 6.54 Å². The molecule has 0 aliphatic heterocycles. The van der Waals surface area contributed by atoms with Gasteiger partial charge in [0.15, 0.2) is 0 Å². The Labute approximate surface area is 145 Å². The summed E-state index contributed by atoms with van der Waals surface area (Å²) in [5.74, 6) is -0.624. The summed E-state index contributed by atoms with van der Waals surface area (Å²) in [6.07, 6.45) is 0. The molecule has 0 saturated heterocycles. The molecule has 1 aromatic carbocycles. The van der Waals surface area contributed by atoms with Crippen molar-refractivity contribution in [3.8, 4) is 0 Å². The molecule has 0 fully saturated rings. The minimum Gasteiger partial charge on any atom is -0.349 e. The number of benzene rings is 1. The van der Waals surface area contributed by atoms with E-state index in [-0.39, 0.29) is 29.2 Å². The summed E-state index contributed by atoms with van der Waals surface area (Å²) < 4.78 is 0. The van der Waals surface area contributed by atoms with E-state index in [0.29, 0.717) is 6.54 Å². The maximum atomic E-state index is 12.2. The SMILES string of the molecule is CC(C)NC(=O)c1cccc(C(=O)NCc2ccc(SN)cc2)n1. The number of carbonyl (C=O) groups is 2. The van der Waals surface area contributed by atoms with Crippen molar-refractivity contribution >= 4 is 23.8 Å². The standard InChI is InChI=1S/C17H20N4O2S/c1-11(2)20-17(23)15-5-3-4-14(21-15)16(22)19-10-12-6-8-13(24-18)9-7-12/h3-9,11H,10,18H2,1-2H3,(H,19,22)(H,20,23). The van der Waals surface area contributed by atoms with Crippen molar-refractivity contribution in [2.45, 2.75) is 31.3 Å². The molecule has 4 N–H and O–H groups in total. The highest BCUT2D eigenvalue weighted by molar-refractivity contribution is 7.97. The topological polar surface area (TPSA) is 97.1 Å². The molecular formula is C17H20N4O2S. The number of hydrogen-bond acceptors (Lipinski definition) is 5. The molecule has 0 aliphatic rings. The van der Waals surface area contributed by atoms with Crippen molar-refractivity contribution in [2.24, 2.45) is 5.14 Å². The number of hydrogen-bond donors (Lipinski definition) is 3. The number of amides is 2. The number of nitrogens with two attached hydrogens (primary N) is 1. The van der Waals surface area contributed by atoms with Gasteiger partial charge in [-0.2, -0.15) is 0 Å². The molecular weight excluding hydrogens is 324 g/mol. The third-order valence-electron chi connectivity index (χ3n) is 3.15. The quantitative estimate of drug-likeness (QED) is 0.697. The second kappa shape index (κ2) is 8.47. The van der Waals surface area contributed by atoms with E-state index < -0.39 is 0 Å². The number of rotatable bonds is 6. The summed E-state index contributed by atoms with van der Waals surface area (Å²) in [5.41, 5.74) is 1.39. The Morgan fingerprint density at radius 3 is 2.29 bits per heavy atom. The molecule has 1 aromatic heterocycles. The highest BCUT2D eigenvalue weighted by Crippen LogP contribution is 2.12. The van der Waals surface area contributed by atoms with Crippen LogP contribution in [0.5, 0.6) is 0 Å². The molecule has 0 radical (unpaired) electrons. The van der Waals surface area contributed by atoms with Gasteiger partial charge in [0.25, 0.3) is 11.8 Å². The van der Waals surface area contributed by atoms with E-state index in [1.807, 2.05) is 38.1 Å². The summed E-state index contributed by atoms with van der Waals surface area (Å²) in [6, 6.07) is 12.4. The van der Waals surface area contributed by atoms with Gasteiger partial charge in [0.2, 0.25) is 0 Å². The Morgan fingerprint density at radius 2 is 1.71 bits per heavy atom. The third kappa shape index (κ3) is 5.07. The molecule has 2 amide bonds. The fraction of sp³-hybridized carbons (Fsp3) is 0.235. The molecule has 6 nitrogen and oxygen atoms in total. The van der Waals surface area contributed by atoms with Crippen LogP contribution in [0.4, 0.5) is 0 Å². The maximum absolute atomic E-state index is 12.2. The predicted molar refractivity (Wildman–Crippen MR) is 94.5 cm³/mol. The summed E-state index contributed by atoms with van der Waals surface area (Å²) >= 11 is 1.17. The van der Waals surface area contributed by atoms with Gasteiger partial charge in [-0.25, -0.2) is 4.98 Å². The van der Waals surface area contributed by atoms with Gasteiger partial charge in [-0.05, 0) is 55.6 Å². The fourth-order valence-corrected chi connectivity index (χ4v) is 2.28. The van der Waals surface area contributed by atoms with Crippen LogP contribution in [0.3, 0.4) is 0 Å². The van der Waals surface area contributed by atoms with Crippen LogP contribution in [-0.4, -0.2) is 22.8 Å². The van der Waals surface area contributed by atoms with E-state index in [2.05, 4.69) is 15.6 Å². The molecule has 2 aromatic rings. The second-order valence-corrected chi connectivity index (χ2v) is 6.19. The molecule has 0 aliphatic carbocycles. The highest BCUT2D eigenvalue weighted by atomic mass is 32.2. The minimum absolute atomic E-state index is 0.00596. The average molecular weight is 344 g/mol. The molecule has 126 valence electrons. The smallest absolute Gasteiger partial charge is 0.270 e. The molecule has 0 spiro atoms.